The molecule has 3 aromatic rings. The van der Waals surface area contributed by atoms with Crippen molar-refractivity contribution in [3.63, 3.8) is 0 Å². The van der Waals surface area contributed by atoms with E-state index in [1.54, 1.807) is 29.6 Å². The lowest BCUT2D eigenvalue weighted by molar-refractivity contribution is -0.147. The van der Waals surface area contributed by atoms with Crippen LogP contribution in [-0.4, -0.2) is 44.8 Å². The molecule has 1 N–H and O–H groups in total. The van der Waals surface area contributed by atoms with Gasteiger partial charge in [-0.2, -0.15) is 0 Å². The second-order valence-corrected chi connectivity index (χ2v) is 7.65. The zero-order valence-corrected chi connectivity index (χ0v) is 19.2. The molecule has 0 bridgehead atoms. The first-order valence-electron chi connectivity index (χ1n) is 9.89. The van der Waals surface area contributed by atoms with E-state index >= 15 is 0 Å². The summed E-state index contributed by atoms with van der Waals surface area (Å²) in [5.74, 6) is 0.0784. The molecule has 0 aliphatic rings. The maximum absolute atomic E-state index is 13.0. The molecule has 1 amide bonds. The zero-order valence-electron chi connectivity index (χ0n) is 18.3. The van der Waals surface area contributed by atoms with Gasteiger partial charge in [-0.15, -0.1) is 11.3 Å². The number of amides is 1. The molecule has 174 valence electrons. The predicted molar refractivity (Wildman–Crippen MR) is 122 cm³/mol. The van der Waals surface area contributed by atoms with Crippen molar-refractivity contribution in [2.24, 2.45) is 0 Å². The van der Waals surface area contributed by atoms with E-state index in [1.807, 2.05) is 0 Å². The number of anilines is 1. The second kappa shape index (κ2) is 11.3. The summed E-state index contributed by atoms with van der Waals surface area (Å²) in [5, 5.41) is 4.68. The van der Waals surface area contributed by atoms with Crippen molar-refractivity contribution in [3.8, 4) is 28.5 Å². The van der Waals surface area contributed by atoms with Crippen LogP contribution >= 0.6 is 11.3 Å². The van der Waals surface area contributed by atoms with Gasteiger partial charge in [-0.05, 0) is 48.4 Å². The third-order valence-corrected chi connectivity index (χ3v) is 5.35. The molecule has 0 fully saturated rings. The van der Waals surface area contributed by atoms with Crippen molar-refractivity contribution in [3.05, 3.63) is 53.2 Å². The number of nitrogens with zero attached hydrogens (tertiary/aromatic N) is 1. The number of hydrogen-bond acceptors (Lipinski definition) is 8. The second-order valence-electron chi connectivity index (χ2n) is 6.79. The molecule has 33 heavy (non-hydrogen) atoms. The van der Waals surface area contributed by atoms with Gasteiger partial charge in [0.2, 0.25) is 5.75 Å². The van der Waals surface area contributed by atoms with Crippen LogP contribution in [0.4, 0.5) is 9.52 Å². The highest BCUT2D eigenvalue weighted by Crippen LogP contribution is 2.38. The molecule has 0 spiro atoms. The Morgan fingerprint density at radius 1 is 1.03 bits per heavy atom. The van der Waals surface area contributed by atoms with Crippen LogP contribution in [-0.2, 0) is 20.7 Å². The first-order chi connectivity index (χ1) is 15.9. The standard InChI is InChI=1S/C23H23FN2O6S/c1-29-18-10-14(11-19(30-2)22(18)31-3)4-9-21(28)32-12-20(27)26-23-25-17(13-33-23)15-5-7-16(24)8-6-15/h5-8,10-11,13H,4,9,12H2,1-3H3,(H,25,26,27). The van der Waals surface area contributed by atoms with E-state index in [1.165, 1.54) is 44.8 Å². The van der Waals surface area contributed by atoms with Gasteiger partial charge in [0.25, 0.3) is 5.91 Å². The highest BCUT2D eigenvalue weighted by Gasteiger charge is 2.15. The maximum atomic E-state index is 13.0. The zero-order chi connectivity index (χ0) is 23.8. The summed E-state index contributed by atoms with van der Waals surface area (Å²) in [7, 11) is 4.54. The lowest BCUT2D eigenvalue weighted by atomic mass is 10.1. The molecule has 3 rings (SSSR count). The summed E-state index contributed by atoms with van der Waals surface area (Å²) >= 11 is 1.22. The average Bonchev–Trinajstić information content (AvgIpc) is 3.29. The first-order valence-corrected chi connectivity index (χ1v) is 10.8. The number of halogens is 1. The minimum atomic E-state index is -0.523. The number of hydrogen-bond donors (Lipinski definition) is 1. The quantitative estimate of drug-likeness (QED) is 0.442. The number of aromatic nitrogens is 1. The van der Waals surface area contributed by atoms with Crippen LogP contribution in [0, 0.1) is 5.82 Å². The van der Waals surface area contributed by atoms with Gasteiger partial charge in [-0.25, -0.2) is 9.37 Å². The van der Waals surface area contributed by atoms with Crippen LogP contribution in [0.5, 0.6) is 17.2 Å². The molecule has 0 radical (unpaired) electrons. The molecule has 10 heteroatoms. The lowest BCUT2D eigenvalue weighted by Gasteiger charge is -2.14. The third-order valence-electron chi connectivity index (χ3n) is 4.60. The number of thiazole rings is 1. The Morgan fingerprint density at radius 2 is 1.70 bits per heavy atom. The summed E-state index contributed by atoms with van der Waals surface area (Å²) in [4.78, 5) is 28.5. The Hall–Kier alpha value is -3.66. The van der Waals surface area contributed by atoms with Crippen LogP contribution in [0.15, 0.2) is 41.8 Å². The van der Waals surface area contributed by atoms with Gasteiger partial charge in [-0.1, -0.05) is 0 Å². The van der Waals surface area contributed by atoms with E-state index < -0.39 is 18.5 Å². The van der Waals surface area contributed by atoms with Crippen molar-refractivity contribution in [1.29, 1.82) is 0 Å². The van der Waals surface area contributed by atoms with E-state index in [2.05, 4.69) is 10.3 Å². The van der Waals surface area contributed by atoms with Gasteiger partial charge in [0.05, 0.1) is 27.0 Å². The molecule has 8 nitrogen and oxygen atoms in total. The van der Waals surface area contributed by atoms with Gasteiger partial charge >= 0.3 is 5.97 Å². The van der Waals surface area contributed by atoms with E-state index in [9.17, 15) is 14.0 Å². The number of benzene rings is 2. The fraction of sp³-hybridized carbons (Fsp3) is 0.261. The van der Waals surface area contributed by atoms with Crippen LogP contribution in [0.2, 0.25) is 0 Å². The Labute approximate surface area is 194 Å². The molecular weight excluding hydrogens is 451 g/mol. The largest absolute Gasteiger partial charge is 0.493 e. The molecule has 1 heterocycles. The Bertz CT molecular complexity index is 1090. The van der Waals surface area contributed by atoms with Crippen LogP contribution < -0.4 is 19.5 Å². The van der Waals surface area contributed by atoms with Crippen molar-refractivity contribution < 1.29 is 32.9 Å². The number of rotatable bonds is 10. The van der Waals surface area contributed by atoms with Crippen LogP contribution in [0.1, 0.15) is 12.0 Å². The number of aryl methyl sites for hydroxylation is 1. The number of carbonyl (C=O) groups is 2. The van der Waals surface area contributed by atoms with E-state index in [-0.39, 0.29) is 12.2 Å². The molecule has 0 aliphatic heterocycles. The van der Waals surface area contributed by atoms with Crippen molar-refractivity contribution >= 4 is 28.3 Å². The van der Waals surface area contributed by atoms with Crippen molar-refractivity contribution in [2.75, 3.05) is 33.3 Å². The molecule has 1 aromatic heterocycles. The topological polar surface area (TPSA) is 96.0 Å². The normalized spacial score (nSPS) is 10.4. The minimum Gasteiger partial charge on any atom is -0.493 e. The van der Waals surface area contributed by atoms with Crippen molar-refractivity contribution in [1.82, 2.24) is 4.98 Å². The molecule has 0 saturated carbocycles. The van der Waals surface area contributed by atoms with Crippen LogP contribution in [0.3, 0.4) is 0 Å². The molecule has 0 unspecified atom stereocenters. The SMILES string of the molecule is COc1cc(CCC(=O)OCC(=O)Nc2nc(-c3ccc(F)cc3)cs2)cc(OC)c1OC. The number of carbonyl (C=O) groups excluding carboxylic acids is 2. The molecule has 0 atom stereocenters. The summed E-state index contributed by atoms with van der Waals surface area (Å²) in [5.41, 5.74) is 2.13. The van der Waals surface area contributed by atoms with E-state index in [0.717, 1.165) is 11.1 Å². The summed E-state index contributed by atoms with van der Waals surface area (Å²) < 4.78 is 34.0. The fourth-order valence-corrected chi connectivity index (χ4v) is 3.72. The third kappa shape index (κ3) is 6.42. The minimum absolute atomic E-state index is 0.0673. The average molecular weight is 475 g/mol. The summed E-state index contributed by atoms with van der Waals surface area (Å²) in [6.07, 6.45) is 0.433. The fourth-order valence-electron chi connectivity index (χ4n) is 2.98. The number of nitrogens with one attached hydrogen (secondary N) is 1. The Morgan fingerprint density at radius 3 is 2.30 bits per heavy atom. The van der Waals surface area contributed by atoms with Crippen molar-refractivity contribution in [2.45, 2.75) is 12.8 Å². The van der Waals surface area contributed by atoms with Crippen LogP contribution in [0.25, 0.3) is 11.3 Å². The smallest absolute Gasteiger partial charge is 0.306 e. The van der Waals surface area contributed by atoms with Gasteiger partial charge < -0.3 is 18.9 Å². The number of methoxy groups -OCH3 is 3. The number of esters is 1. The summed E-state index contributed by atoms with van der Waals surface area (Å²) in [6, 6.07) is 9.39. The molecule has 2 aromatic carbocycles. The van der Waals surface area contributed by atoms with Gasteiger partial charge in [0.1, 0.15) is 5.82 Å². The van der Waals surface area contributed by atoms with E-state index in [4.69, 9.17) is 18.9 Å². The highest BCUT2D eigenvalue weighted by molar-refractivity contribution is 7.14. The monoisotopic (exact) mass is 474 g/mol. The van der Waals surface area contributed by atoms with Gasteiger partial charge in [0.15, 0.2) is 23.2 Å². The molecular formula is C23H23FN2O6S. The first kappa shape index (κ1) is 24.0. The predicted octanol–water partition coefficient (Wildman–Crippen LogP) is 4.09. The maximum Gasteiger partial charge on any atom is 0.306 e. The highest BCUT2D eigenvalue weighted by atomic mass is 32.1. The Balaban J connectivity index is 1.48. The summed E-state index contributed by atoms with van der Waals surface area (Å²) in [6.45, 7) is -0.431. The Kier molecular flexibility index (Phi) is 8.20. The molecule has 0 aliphatic carbocycles. The lowest BCUT2D eigenvalue weighted by Crippen LogP contribution is -2.21. The van der Waals surface area contributed by atoms with Gasteiger partial charge in [0, 0.05) is 17.4 Å². The molecule has 0 saturated heterocycles. The van der Waals surface area contributed by atoms with E-state index in [0.29, 0.717) is 34.5 Å². The van der Waals surface area contributed by atoms with Gasteiger partial charge in [-0.3, -0.25) is 14.9 Å². The number of ether oxygens (including phenoxy) is 4.